The van der Waals surface area contributed by atoms with Crippen molar-refractivity contribution in [1.29, 1.82) is 0 Å². The molecule has 0 saturated carbocycles. The molecule has 0 bridgehead atoms. The smallest absolute Gasteiger partial charge is 0.253 e. The molecule has 24 heavy (non-hydrogen) atoms. The lowest BCUT2D eigenvalue weighted by atomic mass is 10.1. The quantitative estimate of drug-likeness (QED) is 0.792. The molecule has 1 unspecified atom stereocenters. The van der Waals surface area contributed by atoms with Crippen LogP contribution in [-0.4, -0.2) is 42.9 Å². The first-order chi connectivity index (χ1) is 11.2. The van der Waals surface area contributed by atoms with Crippen LogP contribution in [0.3, 0.4) is 0 Å². The van der Waals surface area contributed by atoms with Gasteiger partial charge in [0.15, 0.2) is 0 Å². The number of hydrogen-bond donors (Lipinski definition) is 2. The molecule has 134 valence electrons. The summed E-state index contributed by atoms with van der Waals surface area (Å²) in [7, 11) is 0. The maximum atomic E-state index is 12.5. The number of benzene rings is 1. The van der Waals surface area contributed by atoms with Crippen LogP contribution in [0.25, 0.3) is 0 Å². The summed E-state index contributed by atoms with van der Waals surface area (Å²) in [6, 6.07) is 7.21. The van der Waals surface area contributed by atoms with E-state index in [-0.39, 0.29) is 30.1 Å². The van der Waals surface area contributed by atoms with E-state index in [0.717, 1.165) is 51.1 Å². The lowest BCUT2D eigenvalue weighted by molar-refractivity contribution is -0.119. The molecule has 1 aromatic rings. The molecule has 0 aromatic heterocycles. The molecule has 1 aliphatic heterocycles. The topological polar surface area (TPSA) is 61.4 Å². The highest BCUT2D eigenvalue weighted by Crippen LogP contribution is 2.15. The van der Waals surface area contributed by atoms with E-state index in [2.05, 4.69) is 24.5 Å². The fraction of sp³-hybridized carbons (Fsp3) is 0.556. The average Bonchev–Trinajstić information content (AvgIpc) is 3.09. The van der Waals surface area contributed by atoms with Gasteiger partial charge in [-0.1, -0.05) is 13.8 Å². The van der Waals surface area contributed by atoms with Crippen molar-refractivity contribution < 1.29 is 9.59 Å². The van der Waals surface area contributed by atoms with Gasteiger partial charge in [-0.05, 0) is 50.1 Å². The van der Waals surface area contributed by atoms with E-state index in [0.29, 0.717) is 5.56 Å². The first-order valence-electron chi connectivity index (χ1n) is 8.56. The largest absolute Gasteiger partial charge is 0.339 e. The monoisotopic (exact) mass is 353 g/mol. The summed E-state index contributed by atoms with van der Waals surface area (Å²) >= 11 is 0. The zero-order valence-corrected chi connectivity index (χ0v) is 15.3. The van der Waals surface area contributed by atoms with Crippen molar-refractivity contribution in [1.82, 2.24) is 10.2 Å². The number of rotatable bonds is 7. The highest BCUT2D eigenvalue weighted by Gasteiger charge is 2.22. The van der Waals surface area contributed by atoms with Gasteiger partial charge >= 0.3 is 0 Å². The molecule has 6 heteroatoms. The Morgan fingerprint density at radius 2 is 1.79 bits per heavy atom. The van der Waals surface area contributed by atoms with Crippen molar-refractivity contribution in [3.8, 4) is 0 Å². The maximum absolute atomic E-state index is 12.5. The Bertz CT molecular complexity index is 522. The average molecular weight is 354 g/mol. The second-order valence-corrected chi connectivity index (χ2v) is 6.05. The lowest BCUT2D eigenvalue weighted by Gasteiger charge is -2.21. The summed E-state index contributed by atoms with van der Waals surface area (Å²) in [5, 5.41) is 6.11. The van der Waals surface area contributed by atoms with Crippen LogP contribution in [0.15, 0.2) is 24.3 Å². The standard InChI is InChI=1S/C18H27N3O2.ClH/c1-3-11-21(12-4-2)18(23)14-5-7-16(8-6-14)20-17(22)15-9-10-19-13-15;/h5-8,15,19H,3-4,9-13H2,1-2H3,(H,20,22);1H. The van der Waals surface area contributed by atoms with E-state index >= 15 is 0 Å². The molecule has 1 fully saturated rings. The van der Waals surface area contributed by atoms with Crippen LogP contribution in [0.5, 0.6) is 0 Å². The van der Waals surface area contributed by atoms with Crippen LogP contribution in [0, 0.1) is 5.92 Å². The van der Waals surface area contributed by atoms with Gasteiger partial charge in [0.05, 0.1) is 5.92 Å². The molecule has 5 nitrogen and oxygen atoms in total. The van der Waals surface area contributed by atoms with Crippen LogP contribution in [0.2, 0.25) is 0 Å². The van der Waals surface area contributed by atoms with Crippen molar-refractivity contribution in [2.75, 3.05) is 31.5 Å². The van der Waals surface area contributed by atoms with E-state index in [1.807, 2.05) is 17.0 Å². The first-order valence-corrected chi connectivity index (χ1v) is 8.56. The van der Waals surface area contributed by atoms with Crippen LogP contribution >= 0.6 is 12.4 Å². The Kier molecular flexibility index (Phi) is 8.79. The summed E-state index contributed by atoms with van der Waals surface area (Å²) < 4.78 is 0. The fourth-order valence-corrected chi connectivity index (χ4v) is 2.86. The Balaban J connectivity index is 0.00000288. The van der Waals surface area contributed by atoms with Gasteiger partial charge in [-0.3, -0.25) is 9.59 Å². The fourth-order valence-electron chi connectivity index (χ4n) is 2.86. The predicted molar refractivity (Wildman–Crippen MR) is 99.8 cm³/mol. The number of carbonyl (C=O) groups excluding carboxylic acids is 2. The second-order valence-electron chi connectivity index (χ2n) is 6.05. The number of anilines is 1. The van der Waals surface area contributed by atoms with Gasteiger partial charge in [0.1, 0.15) is 0 Å². The molecule has 1 aliphatic rings. The Labute approximate surface area is 150 Å². The molecular weight excluding hydrogens is 326 g/mol. The molecule has 1 aromatic carbocycles. The molecule has 0 spiro atoms. The number of nitrogens with zero attached hydrogens (tertiary/aromatic N) is 1. The summed E-state index contributed by atoms with van der Waals surface area (Å²) in [4.78, 5) is 26.5. The zero-order chi connectivity index (χ0) is 16.7. The van der Waals surface area contributed by atoms with Crippen molar-refractivity contribution in [2.24, 2.45) is 5.92 Å². The Morgan fingerprint density at radius 1 is 1.17 bits per heavy atom. The predicted octanol–water partition coefficient (Wildman–Crippen LogP) is 2.92. The molecular formula is C18H28ClN3O2. The minimum atomic E-state index is 0. The van der Waals surface area contributed by atoms with Gasteiger partial charge in [0.25, 0.3) is 5.91 Å². The molecule has 2 N–H and O–H groups in total. The van der Waals surface area contributed by atoms with E-state index in [9.17, 15) is 9.59 Å². The third-order valence-electron chi connectivity index (χ3n) is 4.10. The van der Waals surface area contributed by atoms with Gasteiger partial charge in [0.2, 0.25) is 5.91 Å². The zero-order valence-electron chi connectivity index (χ0n) is 14.5. The molecule has 1 atom stereocenters. The maximum Gasteiger partial charge on any atom is 0.253 e. The van der Waals surface area contributed by atoms with Crippen molar-refractivity contribution in [3.63, 3.8) is 0 Å². The molecule has 2 amide bonds. The minimum Gasteiger partial charge on any atom is -0.339 e. The van der Waals surface area contributed by atoms with Crippen LogP contribution < -0.4 is 10.6 Å². The normalized spacial score (nSPS) is 16.3. The van der Waals surface area contributed by atoms with Crippen molar-refractivity contribution in [3.05, 3.63) is 29.8 Å². The number of carbonyl (C=O) groups is 2. The molecule has 1 saturated heterocycles. The lowest BCUT2D eigenvalue weighted by Crippen LogP contribution is -2.32. The van der Waals surface area contributed by atoms with Crippen LogP contribution in [0.4, 0.5) is 5.69 Å². The summed E-state index contributed by atoms with van der Waals surface area (Å²) in [5.41, 5.74) is 1.42. The second kappa shape index (κ2) is 10.3. The molecule has 0 aliphatic carbocycles. The first kappa shape index (κ1) is 20.5. The van der Waals surface area contributed by atoms with Gasteiger partial charge < -0.3 is 15.5 Å². The van der Waals surface area contributed by atoms with Crippen molar-refractivity contribution >= 4 is 29.9 Å². The van der Waals surface area contributed by atoms with Crippen molar-refractivity contribution in [2.45, 2.75) is 33.1 Å². The van der Waals surface area contributed by atoms with Gasteiger partial charge in [-0.15, -0.1) is 12.4 Å². The molecule has 0 radical (unpaired) electrons. The highest BCUT2D eigenvalue weighted by atomic mass is 35.5. The van der Waals surface area contributed by atoms with Crippen LogP contribution in [-0.2, 0) is 4.79 Å². The summed E-state index contributed by atoms with van der Waals surface area (Å²) in [6.45, 7) is 7.35. The minimum absolute atomic E-state index is 0. The van der Waals surface area contributed by atoms with E-state index in [1.165, 1.54) is 0 Å². The Hall–Kier alpha value is -1.59. The van der Waals surface area contributed by atoms with E-state index < -0.39 is 0 Å². The van der Waals surface area contributed by atoms with Crippen LogP contribution in [0.1, 0.15) is 43.5 Å². The number of halogens is 1. The third kappa shape index (κ3) is 5.49. The number of hydrogen-bond acceptors (Lipinski definition) is 3. The van der Waals surface area contributed by atoms with E-state index in [1.54, 1.807) is 12.1 Å². The number of nitrogens with one attached hydrogen (secondary N) is 2. The number of amides is 2. The summed E-state index contributed by atoms with van der Waals surface area (Å²) in [6.07, 6.45) is 2.79. The Morgan fingerprint density at radius 3 is 2.29 bits per heavy atom. The SMILES string of the molecule is CCCN(CCC)C(=O)c1ccc(NC(=O)C2CCNC2)cc1.Cl. The molecule has 2 rings (SSSR count). The highest BCUT2D eigenvalue weighted by molar-refractivity contribution is 5.96. The third-order valence-corrected chi connectivity index (χ3v) is 4.10. The summed E-state index contributed by atoms with van der Waals surface area (Å²) in [5.74, 6) is 0.153. The van der Waals surface area contributed by atoms with Gasteiger partial charge in [-0.2, -0.15) is 0 Å². The van der Waals surface area contributed by atoms with E-state index in [4.69, 9.17) is 0 Å². The van der Waals surface area contributed by atoms with Gasteiger partial charge in [-0.25, -0.2) is 0 Å². The molecule has 1 heterocycles. The van der Waals surface area contributed by atoms with Gasteiger partial charge in [0, 0.05) is 30.9 Å².